The summed E-state index contributed by atoms with van der Waals surface area (Å²) in [6.45, 7) is 1.76. The zero-order valence-corrected chi connectivity index (χ0v) is 11.4. The van der Waals surface area contributed by atoms with Crippen LogP contribution in [0.4, 0.5) is 0 Å². The number of methoxy groups -OCH3 is 2. The monoisotopic (exact) mass is 273 g/mol. The fourth-order valence-electron chi connectivity index (χ4n) is 1.94. The van der Waals surface area contributed by atoms with Gasteiger partial charge in [0.1, 0.15) is 13.1 Å². The summed E-state index contributed by atoms with van der Waals surface area (Å²) in [4.78, 5) is 36.0. The molecule has 1 aliphatic rings. The summed E-state index contributed by atoms with van der Waals surface area (Å²) >= 11 is 0. The van der Waals surface area contributed by atoms with Gasteiger partial charge < -0.3 is 19.1 Å². The lowest BCUT2D eigenvalue weighted by Gasteiger charge is -2.24. The number of amides is 1. The lowest BCUT2D eigenvalue weighted by Crippen LogP contribution is -2.44. The highest BCUT2D eigenvalue weighted by Gasteiger charge is 2.35. The average Bonchev–Trinajstić information content (AvgIpc) is 2.82. The molecule has 0 N–H and O–H groups in total. The summed E-state index contributed by atoms with van der Waals surface area (Å²) in [6, 6.07) is 0. The third kappa shape index (κ3) is 4.20. The minimum Gasteiger partial charge on any atom is -0.468 e. The van der Waals surface area contributed by atoms with Crippen LogP contribution in [0.15, 0.2) is 0 Å². The number of hydrogen-bond acceptors (Lipinski definition) is 6. The molecule has 1 saturated heterocycles. The molecule has 7 heteroatoms. The van der Waals surface area contributed by atoms with Gasteiger partial charge in [0, 0.05) is 6.61 Å². The standard InChI is InChI=1S/C12H19NO6/c1-8-9(4-5-19-8)12(16)13(6-10(14)17-2)7-11(15)18-3/h8-9H,4-7H2,1-3H3. The maximum atomic E-state index is 12.3. The first-order valence-corrected chi connectivity index (χ1v) is 6.03. The second-order valence-corrected chi connectivity index (χ2v) is 4.32. The number of ether oxygens (including phenoxy) is 3. The number of rotatable bonds is 5. The molecule has 0 spiro atoms. The Morgan fingerprint density at radius 2 is 1.68 bits per heavy atom. The second-order valence-electron chi connectivity index (χ2n) is 4.32. The van der Waals surface area contributed by atoms with E-state index in [9.17, 15) is 14.4 Å². The smallest absolute Gasteiger partial charge is 0.325 e. The predicted octanol–water partition coefficient (Wildman–Crippen LogP) is -0.414. The molecule has 0 aliphatic carbocycles. The highest BCUT2D eigenvalue weighted by molar-refractivity contribution is 5.87. The third-order valence-corrected chi connectivity index (χ3v) is 3.10. The van der Waals surface area contributed by atoms with Crippen molar-refractivity contribution in [3.8, 4) is 0 Å². The van der Waals surface area contributed by atoms with Crippen LogP contribution in [-0.2, 0) is 28.6 Å². The summed E-state index contributed by atoms with van der Waals surface area (Å²) in [5, 5.41) is 0. The van der Waals surface area contributed by atoms with Crippen molar-refractivity contribution in [1.82, 2.24) is 4.90 Å². The molecule has 1 rings (SSSR count). The topological polar surface area (TPSA) is 82.1 Å². The largest absolute Gasteiger partial charge is 0.468 e. The SMILES string of the molecule is COC(=O)CN(CC(=O)OC)C(=O)C1CCOC1C. The number of carbonyl (C=O) groups is 3. The summed E-state index contributed by atoms with van der Waals surface area (Å²) in [5.74, 6) is -1.79. The van der Waals surface area contributed by atoms with Crippen LogP contribution in [0, 0.1) is 5.92 Å². The van der Waals surface area contributed by atoms with Crippen LogP contribution in [-0.4, -0.2) is 62.8 Å². The molecule has 2 atom stereocenters. The van der Waals surface area contributed by atoms with Crippen LogP contribution >= 0.6 is 0 Å². The fourth-order valence-corrected chi connectivity index (χ4v) is 1.94. The normalized spacial score (nSPS) is 21.8. The molecule has 108 valence electrons. The van der Waals surface area contributed by atoms with Crippen molar-refractivity contribution in [3.63, 3.8) is 0 Å². The Kier molecular flexibility index (Phi) is 5.75. The minimum absolute atomic E-state index is 0.217. The van der Waals surface area contributed by atoms with E-state index < -0.39 is 11.9 Å². The lowest BCUT2D eigenvalue weighted by molar-refractivity contribution is -0.154. The zero-order valence-electron chi connectivity index (χ0n) is 11.4. The molecule has 1 heterocycles. The highest BCUT2D eigenvalue weighted by atomic mass is 16.5. The summed E-state index contributed by atoms with van der Waals surface area (Å²) in [5.41, 5.74) is 0. The molecule has 1 amide bonds. The molecule has 0 aromatic carbocycles. The van der Waals surface area contributed by atoms with Crippen LogP contribution in [0.2, 0.25) is 0 Å². The molecular formula is C12H19NO6. The zero-order chi connectivity index (χ0) is 14.4. The molecule has 7 nitrogen and oxygen atoms in total. The molecule has 0 aromatic rings. The van der Waals surface area contributed by atoms with Gasteiger partial charge in [0.15, 0.2) is 0 Å². The number of nitrogens with zero attached hydrogens (tertiary/aromatic N) is 1. The molecular weight excluding hydrogens is 254 g/mol. The highest BCUT2D eigenvalue weighted by Crippen LogP contribution is 2.22. The van der Waals surface area contributed by atoms with Gasteiger partial charge in [-0.15, -0.1) is 0 Å². The van der Waals surface area contributed by atoms with E-state index in [1.807, 2.05) is 0 Å². The van der Waals surface area contributed by atoms with Gasteiger partial charge in [0.25, 0.3) is 0 Å². The molecule has 1 aliphatic heterocycles. The van der Waals surface area contributed by atoms with E-state index in [1.54, 1.807) is 6.92 Å². The van der Waals surface area contributed by atoms with Crippen molar-refractivity contribution >= 4 is 17.8 Å². The fraction of sp³-hybridized carbons (Fsp3) is 0.750. The predicted molar refractivity (Wildman–Crippen MR) is 64.1 cm³/mol. The summed E-state index contributed by atoms with van der Waals surface area (Å²) in [6.07, 6.45) is 0.365. The van der Waals surface area contributed by atoms with Gasteiger partial charge in [-0.1, -0.05) is 0 Å². The third-order valence-electron chi connectivity index (χ3n) is 3.10. The Bertz CT molecular complexity index is 338. The van der Waals surface area contributed by atoms with E-state index >= 15 is 0 Å². The molecule has 0 aromatic heterocycles. The van der Waals surface area contributed by atoms with E-state index in [-0.39, 0.29) is 31.0 Å². The summed E-state index contributed by atoms with van der Waals surface area (Å²) < 4.78 is 14.4. The quantitative estimate of drug-likeness (QED) is 0.633. The van der Waals surface area contributed by atoms with Crippen LogP contribution in [0.3, 0.4) is 0 Å². The average molecular weight is 273 g/mol. The van der Waals surface area contributed by atoms with Crippen LogP contribution < -0.4 is 0 Å². The Labute approximate surface area is 111 Å². The number of hydrogen-bond donors (Lipinski definition) is 0. The van der Waals surface area contributed by atoms with E-state index in [4.69, 9.17) is 4.74 Å². The first-order valence-electron chi connectivity index (χ1n) is 6.03. The van der Waals surface area contributed by atoms with E-state index in [0.717, 1.165) is 4.90 Å². The number of esters is 2. The minimum atomic E-state index is -0.580. The first-order chi connectivity index (χ1) is 8.99. The van der Waals surface area contributed by atoms with Crippen molar-refractivity contribution in [2.24, 2.45) is 5.92 Å². The number of carbonyl (C=O) groups excluding carboxylic acids is 3. The van der Waals surface area contributed by atoms with Crippen LogP contribution in [0.5, 0.6) is 0 Å². The Hall–Kier alpha value is -1.63. The molecule has 0 saturated carbocycles. The van der Waals surface area contributed by atoms with Crippen molar-refractivity contribution in [3.05, 3.63) is 0 Å². The van der Waals surface area contributed by atoms with Crippen molar-refractivity contribution in [2.75, 3.05) is 33.9 Å². The Morgan fingerprint density at radius 1 is 1.16 bits per heavy atom. The van der Waals surface area contributed by atoms with E-state index in [0.29, 0.717) is 13.0 Å². The van der Waals surface area contributed by atoms with Gasteiger partial charge in [0.05, 0.1) is 26.2 Å². The second kappa shape index (κ2) is 7.08. The molecule has 19 heavy (non-hydrogen) atoms. The molecule has 1 fully saturated rings. The maximum absolute atomic E-state index is 12.3. The molecule has 2 unspecified atom stereocenters. The first kappa shape index (κ1) is 15.4. The van der Waals surface area contributed by atoms with Crippen LogP contribution in [0.1, 0.15) is 13.3 Å². The van der Waals surface area contributed by atoms with Gasteiger partial charge in [0.2, 0.25) is 5.91 Å². The molecule has 0 radical (unpaired) electrons. The van der Waals surface area contributed by atoms with Gasteiger partial charge in [-0.3, -0.25) is 14.4 Å². The Balaban J connectivity index is 2.73. The van der Waals surface area contributed by atoms with Crippen LogP contribution in [0.25, 0.3) is 0 Å². The van der Waals surface area contributed by atoms with Gasteiger partial charge in [-0.25, -0.2) is 0 Å². The van der Waals surface area contributed by atoms with Gasteiger partial charge in [-0.05, 0) is 13.3 Å². The van der Waals surface area contributed by atoms with Crippen molar-refractivity contribution < 1.29 is 28.6 Å². The maximum Gasteiger partial charge on any atom is 0.325 e. The lowest BCUT2D eigenvalue weighted by atomic mass is 10.0. The van der Waals surface area contributed by atoms with Gasteiger partial charge in [-0.2, -0.15) is 0 Å². The van der Waals surface area contributed by atoms with E-state index in [1.165, 1.54) is 14.2 Å². The molecule has 0 bridgehead atoms. The van der Waals surface area contributed by atoms with Crippen molar-refractivity contribution in [1.29, 1.82) is 0 Å². The summed E-state index contributed by atoms with van der Waals surface area (Å²) in [7, 11) is 2.45. The van der Waals surface area contributed by atoms with Crippen molar-refractivity contribution in [2.45, 2.75) is 19.4 Å². The Morgan fingerprint density at radius 3 is 2.05 bits per heavy atom. The van der Waals surface area contributed by atoms with E-state index in [2.05, 4.69) is 9.47 Å². The van der Waals surface area contributed by atoms with Gasteiger partial charge >= 0.3 is 11.9 Å².